The summed E-state index contributed by atoms with van der Waals surface area (Å²) in [4.78, 5) is 0. The van der Waals surface area contributed by atoms with Crippen LogP contribution in [0.25, 0.3) is 0 Å². The number of halogens is 4. The van der Waals surface area contributed by atoms with Crippen LogP contribution in [0.4, 0.5) is 8.78 Å². The number of alkyl halides is 2. The van der Waals surface area contributed by atoms with Gasteiger partial charge >= 0.3 is 6.55 Å². The van der Waals surface area contributed by atoms with Crippen molar-refractivity contribution in [2.75, 3.05) is 0 Å². The average Bonchev–Trinajstić information content (AvgIpc) is 2.14. The smallest absolute Gasteiger partial charge is 0.191 e. The van der Waals surface area contributed by atoms with Crippen LogP contribution in [0, 0.1) is 3.57 Å². The van der Waals surface area contributed by atoms with E-state index in [0.717, 1.165) is 0 Å². The van der Waals surface area contributed by atoms with Gasteiger partial charge in [0, 0.05) is 0 Å². The molecule has 56 valence electrons. The van der Waals surface area contributed by atoms with Crippen molar-refractivity contribution >= 4 is 34.2 Å². The molecule has 0 saturated heterocycles. The molecule has 0 atom stereocenters. The molecule has 6 heteroatoms. The predicted octanol–water partition coefficient (Wildman–Crippen LogP) is 2.54. The zero-order chi connectivity index (χ0) is 7.72. The van der Waals surface area contributed by atoms with Crippen LogP contribution in [0.15, 0.2) is 6.20 Å². The molecule has 0 fully saturated rings. The molecule has 0 aliphatic carbocycles. The maximum absolute atomic E-state index is 11.9. The second-order valence-corrected chi connectivity index (χ2v) is 3.03. The molecule has 0 radical (unpaired) electrons. The van der Waals surface area contributed by atoms with Gasteiger partial charge in [-0.05, 0) is 22.6 Å². The zero-order valence-corrected chi connectivity index (χ0v) is 7.47. The molecule has 1 aromatic heterocycles. The van der Waals surface area contributed by atoms with Gasteiger partial charge in [-0.2, -0.15) is 18.6 Å². The van der Waals surface area contributed by atoms with Crippen molar-refractivity contribution in [3.8, 4) is 0 Å². The van der Waals surface area contributed by atoms with Crippen LogP contribution in [-0.4, -0.2) is 9.78 Å². The van der Waals surface area contributed by atoms with E-state index in [9.17, 15) is 8.78 Å². The Bertz CT molecular complexity index is 237. The van der Waals surface area contributed by atoms with Crippen molar-refractivity contribution in [3.05, 3.63) is 14.9 Å². The third-order valence-corrected chi connectivity index (χ3v) is 2.36. The topological polar surface area (TPSA) is 17.8 Å². The Kier molecular flexibility index (Phi) is 2.45. The molecule has 1 rings (SSSR count). The zero-order valence-electron chi connectivity index (χ0n) is 4.56. The van der Waals surface area contributed by atoms with E-state index in [-0.39, 0.29) is 5.15 Å². The minimum absolute atomic E-state index is 0.0180. The van der Waals surface area contributed by atoms with Crippen molar-refractivity contribution in [1.82, 2.24) is 9.78 Å². The van der Waals surface area contributed by atoms with Gasteiger partial charge in [0.05, 0.1) is 9.77 Å². The largest absolute Gasteiger partial charge is 0.334 e. The summed E-state index contributed by atoms with van der Waals surface area (Å²) in [6.45, 7) is -2.66. The number of aromatic nitrogens is 2. The summed E-state index contributed by atoms with van der Waals surface area (Å²) < 4.78 is 24.7. The van der Waals surface area contributed by atoms with Gasteiger partial charge in [0.1, 0.15) is 5.15 Å². The first-order chi connectivity index (χ1) is 4.63. The molecule has 0 amide bonds. The Labute approximate surface area is 74.3 Å². The number of hydrogen-bond donors (Lipinski definition) is 0. The van der Waals surface area contributed by atoms with Crippen molar-refractivity contribution in [3.63, 3.8) is 0 Å². The van der Waals surface area contributed by atoms with Crippen LogP contribution in [-0.2, 0) is 0 Å². The van der Waals surface area contributed by atoms with Gasteiger partial charge in [-0.15, -0.1) is 0 Å². The Hall–Kier alpha value is 0.0900. The maximum atomic E-state index is 11.9. The fourth-order valence-electron chi connectivity index (χ4n) is 0.462. The fourth-order valence-corrected chi connectivity index (χ4v) is 1.00. The minimum Gasteiger partial charge on any atom is -0.191 e. The standard InChI is InChI=1S/C4H2ClF2IN2/c5-3-2(8)1-9-10(3)4(6)7/h1,4H. The summed E-state index contributed by atoms with van der Waals surface area (Å²) in [5, 5.41) is 3.32. The highest BCUT2D eigenvalue weighted by atomic mass is 127. The maximum Gasteiger partial charge on any atom is 0.334 e. The summed E-state index contributed by atoms with van der Waals surface area (Å²) in [7, 11) is 0. The van der Waals surface area contributed by atoms with Gasteiger partial charge in [0.25, 0.3) is 0 Å². The third-order valence-electron chi connectivity index (χ3n) is 0.879. The monoisotopic (exact) mass is 278 g/mol. The SMILES string of the molecule is FC(F)n1ncc(I)c1Cl. The molecular weight excluding hydrogens is 276 g/mol. The summed E-state index contributed by atoms with van der Waals surface area (Å²) in [5.74, 6) is 0. The van der Waals surface area contributed by atoms with Crippen LogP contribution in [0.1, 0.15) is 6.55 Å². The van der Waals surface area contributed by atoms with Gasteiger partial charge in [-0.25, -0.2) is 0 Å². The first-order valence-electron chi connectivity index (χ1n) is 2.29. The number of nitrogens with zero attached hydrogens (tertiary/aromatic N) is 2. The van der Waals surface area contributed by atoms with Gasteiger partial charge in [0.2, 0.25) is 0 Å². The third kappa shape index (κ3) is 1.39. The summed E-state index contributed by atoms with van der Waals surface area (Å²) in [5.41, 5.74) is 0. The first kappa shape index (κ1) is 8.19. The summed E-state index contributed by atoms with van der Waals surface area (Å²) >= 11 is 7.25. The van der Waals surface area contributed by atoms with Crippen LogP contribution in [0.5, 0.6) is 0 Å². The molecule has 10 heavy (non-hydrogen) atoms. The molecule has 0 aromatic carbocycles. The van der Waals surface area contributed by atoms with E-state index < -0.39 is 6.55 Å². The highest BCUT2D eigenvalue weighted by molar-refractivity contribution is 14.1. The van der Waals surface area contributed by atoms with E-state index in [1.165, 1.54) is 6.20 Å². The molecule has 0 unspecified atom stereocenters. The van der Waals surface area contributed by atoms with Crippen LogP contribution in [0.3, 0.4) is 0 Å². The fraction of sp³-hybridized carbons (Fsp3) is 0.250. The molecule has 1 heterocycles. The Morgan fingerprint density at radius 3 is 2.50 bits per heavy atom. The van der Waals surface area contributed by atoms with E-state index in [1.807, 2.05) is 22.6 Å². The van der Waals surface area contributed by atoms with Crippen molar-refractivity contribution in [2.45, 2.75) is 6.55 Å². The van der Waals surface area contributed by atoms with Gasteiger partial charge in [-0.3, -0.25) is 0 Å². The normalized spacial score (nSPS) is 10.9. The molecule has 0 aliphatic rings. The van der Waals surface area contributed by atoms with Gasteiger partial charge in [0.15, 0.2) is 0 Å². The van der Waals surface area contributed by atoms with Crippen LogP contribution >= 0.6 is 34.2 Å². The molecular formula is C4H2ClF2IN2. The molecule has 0 saturated carbocycles. The second-order valence-electron chi connectivity index (χ2n) is 1.51. The van der Waals surface area contributed by atoms with E-state index in [1.54, 1.807) is 0 Å². The average molecular weight is 278 g/mol. The molecule has 0 aliphatic heterocycles. The van der Waals surface area contributed by atoms with E-state index in [2.05, 4.69) is 5.10 Å². The quantitative estimate of drug-likeness (QED) is 0.722. The highest BCUT2D eigenvalue weighted by Crippen LogP contribution is 2.22. The Morgan fingerprint density at radius 2 is 2.30 bits per heavy atom. The van der Waals surface area contributed by atoms with Gasteiger partial charge in [-0.1, -0.05) is 11.6 Å². The van der Waals surface area contributed by atoms with Crippen molar-refractivity contribution in [2.24, 2.45) is 0 Å². The van der Waals surface area contributed by atoms with E-state index >= 15 is 0 Å². The van der Waals surface area contributed by atoms with Crippen molar-refractivity contribution in [1.29, 1.82) is 0 Å². The van der Waals surface area contributed by atoms with Crippen LogP contribution < -0.4 is 0 Å². The predicted molar refractivity (Wildman–Crippen MR) is 41.2 cm³/mol. The van der Waals surface area contributed by atoms with Crippen LogP contribution in [0.2, 0.25) is 5.15 Å². The summed E-state index contributed by atoms with van der Waals surface area (Å²) in [6.07, 6.45) is 1.29. The molecule has 0 spiro atoms. The lowest BCUT2D eigenvalue weighted by atomic mass is 10.7. The molecule has 2 nitrogen and oxygen atoms in total. The van der Waals surface area contributed by atoms with Gasteiger partial charge < -0.3 is 0 Å². The Balaban J connectivity index is 3.05. The highest BCUT2D eigenvalue weighted by Gasteiger charge is 2.12. The lowest BCUT2D eigenvalue weighted by molar-refractivity contribution is 0.0569. The van der Waals surface area contributed by atoms with E-state index in [4.69, 9.17) is 11.6 Å². The lowest BCUT2D eigenvalue weighted by Gasteiger charge is -1.97. The van der Waals surface area contributed by atoms with Crippen molar-refractivity contribution < 1.29 is 8.78 Å². The minimum atomic E-state index is -2.66. The second kappa shape index (κ2) is 3.00. The number of rotatable bonds is 1. The number of hydrogen-bond acceptors (Lipinski definition) is 1. The molecule has 0 N–H and O–H groups in total. The lowest BCUT2D eigenvalue weighted by Crippen LogP contribution is -1.99. The summed E-state index contributed by atoms with van der Waals surface area (Å²) in [6, 6.07) is 0. The Morgan fingerprint density at radius 1 is 1.70 bits per heavy atom. The van der Waals surface area contributed by atoms with E-state index in [0.29, 0.717) is 8.25 Å². The molecule has 0 bridgehead atoms. The molecule has 1 aromatic rings. The first-order valence-corrected chi connectivity index (χ1v) is 3.75.